The van der Waals surface area contributed by atoms with E-state index in [9.17, 15) is 14.4 Å². The van der Waals surface area contributed by atoms with E-state index in [-0.39, 0.29) is 30.9 Å². The largest absolute Gasteiger partial charge is 0.465 e. The molecule has 33 heavy (non-hydrogen) atoms. The van der Waals surface area contributed by atoms with Gasteiger partial charge >= 0.3 is 11.9 Å². The molecule has 0 radical (unpaired) electrons. The number of nitrogens with zero attached hydrogens (tertiary/aromatic N) is 1. The van der Waals surface area contributed by atoms with Gasteiger partial charge in [-0.1, -0.05) is 12.1 Å². The molecule has 0 atom stereocenters. The molecule has 0 bridgehead atoms. The second-order valence-electron chi connectivity index (χ2n) is 7.61. The predicted octanol–water partition coefficient (Wildman–Crippen LogP) is 3.39. The number of nitrogens with one attached hydrogen (secondary N) is 1. The Bertz CT molecular complexity index is 1040. The van der Waals surface area contributed by atoms with E-state index in [0.29, 0.717) is 22.4 Å². The number of nitrogen functional groups attached to an aromatic ring is 1. The van der Waals surface area contributed by atoms with Crippen molar-refractivity contribution in [2.45, 2.75) is 33.7 Å². The smallest absolute Gasteiger partial charge is 0.343 e. The SMILES string of the molecule is CCOC(=O)CN(C(=O)C(C)=Cc1ccc(C(=O)Oc2ccc(C(=N)N)cc2)cc1)C(C)C. The Labute approximate surface area is 193 Å². The van der Waals surface area contributed by atoms with Crippen molar-refractivity contribution in [2.24, 2.45) is 5.73 Å². The lowest BCUT2D eigenvalue weighted by Gasteiger charge is -2.26. The monoisotopic (exact) mass is 451 g/mol. The summed E-state index contributed by atoms with van der Waals surface area (Å²) in [6.07, 6.45) is 1.69. The van der Waals surface area contributed by atoms with Gasteiger partial charge in [-0.15, -0.1) is 0 Å². The minimum atomic E-state index is -0.533. The van der Waals surface area contributed by atoms with Crippen LogP contribution in [-0.4, -0.2) is 47.8 Å². The second-order valence-corrected chi connectivity index (χ2v) is 7.61. The fourth-order valence-electron chi connectivity index (χ4n) is 2.96. The van der Waals surface area contributed by atoms with Crippen LogP contribution in [0, 0.1) is 5.41 Å². The highest BCUT2D eigenvalue weighted by Gasteiger charge is 2.22. The third-order valence-electron chi connectivity index (χ3n) is 4.73. The molecular weight excluding hydrogens is 422 g/mol. The van der Waals surface area contributed by atoms with Gasteiger partial charge in [0, 0.05) is 17.2 Å². The van der Waals surface area contributed by atoms with Gasteiger partial charge in [-0.3, -0.25) is 15.0 Å². The molecule has 0 aliphatic heterocycles. The van der Waals surface area contributed by atoms with Crippen molar-refractivity contribution >= 4 is 29.8 Å². The Hall–Kier alpha value is -3.94. The average Bonchev–Trinajstić information content (AvgIpc) is 2.77. The van der Waals surface area contributed by atoms with Crippen LogP contribution in [0.1, 0.15) is 49.2 Å². The molecule has 0 unspecified atom stereocenters. The lowest BCUT2D eigenvalue weighted by atomic mass is 10.1. The number of nitrogens with two attached hydrogens (primary N) is 1. The number of amides is 1. The van der Waals surface area contributed by atoms with Gasteiger partial charge in [0.15, 0.2) is 0 Å². The van der Waals surface area contributed by atoms with E-state index in [1.807, 2.05) is 13.8 Å². The molecule has 0 heterocycles. The summed E-state index contributed by atoms with van der Waals surface area (Å²) in [7, 11) is 0. The maximum Gasteiger partial charge on any atom is 0.343 e. The summed E-state index contributed by atoms with van der Waals surface area (Å²) in [5.74, 6) is -0.982. The van der Waals surface area contributed by atoms with Crippen molar-refractivity contribution in [2.75, 3.05) is 13.2 Å². The normalized spacial score (nSPS) is 11.1. The van der Waals surface area contributed by atoms with E-state index in [2.05, 4.69) is 0 Å². The Morgan fingerprint density at radius 1 is 1.03 bits per heavy atom. The highest BCUT2D eigenvalue weighted by Crippen LogP contribution is 2.16. The summed E-state index contributed by atoms with van der Waals surface area (Å²) in [6.45, 7) is 7.20. The van der Waals surface area contributed by atoms with Crippen LogP contribution in [0.3, 0.4) is 0 Å². The van der Waals surface area contributed by atoms with Gasteiger partial charge in [0.1, 0.15) is 18.1 Å². The topological polar surface area (TPSA) is 123 Å². The van der Waals surface area contributed by atoms with Gasteiger partial charge in [0.2, 0.25) is 5.91 Å². The zero-order valence-electron chi connectivity index (χ0n) is 19.3. The zero-order chi connectivity index (χ0) is 24.5. The van der Waals surface area contributed by atoms with E-state index < -0.39 is 11.9 Å². The predicted molar refractivity (Wildman–Crippen MR) is 126 cm³/mol. The Balaban J connectivity index is 2.08. The maximum atomic E-state index is 12.8. The van der Waals surface area contributed by atoms with Crippen molar-refractivity contribution in [3.05, 3.63) is 70.8 Å². The molecule has 1 amide bonds. The van der Waals surface area contributed by atoms with Crippen LogP contribution >= 0.6 is 0 Å². The number of esters is 2. The van der Waals surface area contributed by atoms with E-state index in [0.717, 1.165) is 5.56 Å². The number of benzene rings is 2. The van der Waals surface area contributed by atoms with Crippen LogP contribution < -0.4 is 10.5 Å². The first-order valence-electron chi connectivity index (χ1n) is 10.5. The summed E-state index contributed by atoms with van der Waals surface area (Å²) in [4.78, 5) is 38.5. The fraction of sp³-hybridized carbons (Fsp3) is 0.280. The third-order valence-corrected chi connectivity index (χ3v) is 4.73. The molecule has 0 aliphatic carbocycles. The lowest BCUT2D eigenvalue weighted by Crippen LogP contribution is -2.41. The van der Waals surface area contributed by atoms with E-state index in [1.54, 1.807) is 68.5 Å². The van der Waals surface area contributed by atoms with Gasteiger partial charge in [0.05, 0.1) is 12.2 Å². The number of amidine groups is 1. The Kier molecular flexibility index (Phi) is 8.91. The molecule has 8 heteroatoms. The quantitative estimate of drug-likeness (QED) is 0.198. The highest BCUT2D eigenvalue weighted by atomic mass is 16.5. The summed E-state index contributed by atoms with van der Waals surface area (Å²) < 4.78 is 10.3. The molecule has 0 fully saturated rings. The first-order chi connectivity index (χ1) is 15.6. The number of rotatable bonds is 9. The van der Waals surface area contributed by atoms with Crippen LogP contribution in [0.2, 0.25) is 0 Å². The van der Waals surface area contributed by atoms with E-state index in [4.69, 9.17) is 20.6 Å². The minimum absolute atomic E-state index is 0.0669. The molecular formula is C25H29N3O5. The second kappa shape index (κ2) is 11.6. The fourth-order valence-corrected chi connectivity index (χ4v) is 2.96. The maximum absolute atomic E-state index is 12.8. The van der Waals surface area contributed by atoms with Crippen molar-refractivity contribution in [3.63, 3.8) is 0 Å². The zero-order valence-corrected chi connectivity index (χ0v) is 19.3. The van der Waals surface area contributed by atoms with Crippen molar-refractivity contribution in [1.29, 1.82) is 5.41 Å². The highest BCUT2D eigenvalue weighted by molar-refractivity contribution is 5.99. The molecule has 0 saturated carbocycles. The summed E-state index contributed by atoms with van der Waals surface area (Å²) in [6, 6.07) is 12.8. The van der Waals surface area contributed by atoms with E-state index in [1.165, 1.54) is 4.90 Å². The molecule has 2 rings (SSSR count). The van der Waals surface area contributed by atoms with Crippen LogP contribution in [0.4, 0.5) is 0 Å². The average molecular weight is 452 g/mol. The number of hydrogen-bond donors (Lipinski definition) is 2. The molecule has 8 nitrogen and oxygen atoms in total. The molecule has 3 N–H and O–H groups in total. The standard InChI is InChI=1S/C25H29N3O5/c1-5-32-22(29)15-28(16(2)3)24(30)17(4)14-18-6-8-20(9-7-18)25(31)33-21-12-10-19(11-13-21)23(26)27/h6-14,16H,5,15H2,1-4H3,(H3,26,27). The van der Waals surface area contributed by atoms with Crippen molar-refractivity contribution < 1.29 is 23.9 Å². The molecule has 0 aliphatic rings. The number of ether oxygens (including phenoxy) is 2. The van der Waals surface area contributed by atoms with Crippen LogP contribution in [0.25, 0.3) is 6.08 Å². The van der Waals surface area contributed by atoms with Gasteiger partial charge < -0.3 is 20.1 Å². The molecule has 0 saturated heterocycles. The first kappa shape index (κ1) is 25.3. The minimum Gasteiger partial charge on any atom is -0.465 e. The van der Waals surface area contributed by atoms with Gasteiger partial charge in [0.25, 0.3) is 0 Å². The number of carbonyl (C=O) groups is 3. The Morgan fingerprint density at radius 3 is 2.12 bits per heavy atom. The number of hydrogen-bond acceptors (Lipinski definition) is 6. The summed E-state index contributed by atoms with van der Waals surface area (Å²) >= 11 is 0. The van der Waals surface area contributed by atoms with Crippen LogP contribution in [-0.2, 0) is 14.3 Å². The molecule has 174 valence electrons. The Morgan fingerprint density at radius 2 is 1.61 bits per heavy atom. The van der Waals surface area contributed by atoms with Crippen molar-refractivity contribution in [1.82, 2.24) is 4.90 Å². The molecule has 2 aromatic rings. The molecule has 0 spiro atoms. The molecule has 2 aromatic carbocycles. The molecule has 0 aromatic heterocycles. The van der Waals surface area contributed by atoms with E-state index >= 15 is 0 Å². The van der Waals surface area contributed by atoms with Gasteiger partial charge in [-0.25, -0.2) is 4.79 Å². The third kappa shape index (κ3) is 7.31. The number of carbonyl (C=O) groups excluding carboxylic acids is 3. The summed E-state index contributed by atoms with van der Waals surface area (Å²) in [5, 5.41) is 7.39. The van der Waals surface area contributed by atoms with Gasteiger partial charge in [-0.2, -0.15) is 0 Å². The van der Waals surface area contributed by atoms with Crippen LogP contribution in [0.15, 0.2) is 54.1 Å². The van der Waals surface area contributed by atoms with Gasteiger partial charge in [-0.05, 0) is 75.7 Å². The lowest BCUT2D eigenvalue weighted by molar-refractivity contribution is -0.148. The summed E-state index contributed by atoms with van der Waals surface area (Å²) in [5.41, 5.74) is 7.47. The first-order valence-corrected chi connectivity index (χ1v) is 10.5. The van der Waals surface area contributed by atoms with Crippen LogP contribution in [0.5, 0.6) is 5.75 Å². The van der Waals surface area contributed by atoms with Crippen molar-refractivity contribution in [3.8, 4) is 5.75 Å².